The summed E-state index contributed by atoms with van der Waals surface area (Å²) in [6, 6.07) is 7.07. The van der Waals surface area contributed by atoms with Crippen LogP contribution in [0.2, 0.25) is 0 Å². The van der Waals surface area contributed by atoms with Gasteiger partial charge in [0, 0.05) is 0 Å². The van der Waals surface area contributed by atoms with Crippen molar-refractivity contribution in [2.24, 2.45) is 0 Å². The SMILES string of the molecule is CCOc1ccccc1O[C@@H](CC)C(=O)O. The molecule has 0 heterocycles. The van der Waals surface area contributed by atoms with E-state index < -0.39 is 12.1 Å². The lowest BCUT2D eigenvalue weighted by Gasteiger charge is -2.15. The fourth-order valence-electron chi connectivity index (χ4n) is 1.28. The molecule has 88 valence electrons. The second-order valence-electron chi connectivity index (χ2n) is 3.23. The molecule has 0 amide bonds. The lowest BCUT2D eigenvalue weighted by Crippen LogP contribution is -2.26. The minimum atomic E-state index is -0.964. The number of rotatable bonds is 6. The zero-order valence-corrected chi connectivity index (χ0v) is 9.47. The van der Waals surface area contributed by atoms with Gasteiger partial charge in [0.2, 0.25) is 0 Å². The highest BCUT2D eigenvalue weighted by Crippen LogP contribution is 2.27. The molecular formula is C12H16O4. The first kappa shape index (κ1) is 12.4. The van der Waals surface area contributed by atoms with Crippen molar-refractivity contribution < 1.29 is 19.4 Å². The van der Waals surface area contributed by atoms with Crippen LogP contribution in [0, 0.1) is 0 Å². The molecule has 0 fully saturated rings. The van der Waals surface area contributed by atoms with Crippen molar-refractivity contribution in [1.29, 1.82) is 0 Å². The summed E-state index contributed by atoms with van der Waals surface area (Å²) in [4.78, 5) is 10.8. The molecule has 0 spiro atoms. The van der Waals surface area contributed by atoms with Crippen molar-refractivity contribution in [3.63, 3.8) is 0 Å². The number of hydrogen-bond donors (Lipinski definition) is 1. The third kappa shape index (κ3) is 3.15. The Bertz CT molecular complexity index is 349. The van der Waals surface area contributed by atoms with Gasteiger partial charge in [-0.25, -0.2) is 4.79 Å². The quantitative estimate of drug-likeness (QED) is 0.805. The molecule has 1 rings (SSSR count). The minimum absolute atomic E-state index is 0.412. The molecule has 0 bridgehead atoms. The van der Waals surface area contributed by atoms with E-state index in [4.69, 9.17) is 14.6 Å². The van der Waals surface area contributed by atoms with Crippen LogP contribution in [0.15, 0.2) is 24.3 Å². The standard InChI is InChI=1S/C12H16O4/c1-3-9(12(13)14)16-11-8-6-5-7-10(11)15-4-2/h5-9H,3-4H2,1-2H3,(H,13,14)/t9-/m0/s1. The monoisotopic (exact) mass is 224 g/mol. The van der Waals surface area contributed by atoms with Gasteiger partial charge in [0.05, 0.1) is 6.61 Å². The third-order valence-corrected chi connectivity index (χ3v) is 2.06. The van der Waals surface area contributed by atoms with E-state index in [1.165, 1.54) is 0 Å². The molecule has 1 aromatic rings. The van der Waals surface area contributed by atoms with Crippen molar-refractivity contribution in [3.05, 3.63) is 24.3 Å². The third-order valence-electron chi connectivity index (χ3n) is 2.06. The first-order chi connectivity index (χ1) is 7.69. The first-order valence-corrected chi connectivity index (χ1v) is 5.30. The Morgan fingerprint density at radius 2 is 1.94 bits per heavy atom. The van der Waals surface area contributed by atoms with Crippen molar-refractivity contribution in [1.82, 2.24) is 0 Å². The molecule has 0 radical (unpaired) electrons. The average molecular weight is 224 g/mol. The average Bonchev–Trinajstić information content (AvgIpc) is 2.27. The minimum Gasteiger partial charge on any atom is -0.490 e. The first-order valence-electron chi connectivity index (χ1n) is 5.30. The Labute approximate surface area is 94.8 Å². The predicted octanol–water partition coefficient (Wildman–Crippen LogP) is 2.33. The van der Waals surface area contributed by atoms with Gasteiger partial charge in [-0.1, -0.05) is 19.1 Å². The second kappa shape index (κ2) is 6.00. The Kier molecular flexibility index (Phi) is 4.64. The summed E-state index contributed by atoms with van der Waals surface area (Å²) in [5.74, 6) is 0.0806. The van der Waals surface area contributed by atoms with E-state index in [1.54, 1.807) is 25.1 Å². The number of benzene rings is 1. The Balaban J connectivity index is 2.82. The molecule has 0 aliphatic rings. The van der Waals surface area contributed by atoms with Crippen LogP contribution in [0.4, 0.5) is 0 Å². The molecular weight excluding hydrogens is 208 g/mol. The fraction of sp³-hybridized carbons (Fsp3) is 0.417. The molecule has 0 saturated carbocycles. The van der Waals surface area contributed by atoms with Gasteiger partial charge in [0.1, 0.15) is 0 Å². The van der Waals surface area contributed by atoms with E-state index in [0.717, 1.165) is 0 Å². The number of ether oxygens (including phenoxy) is 2. The van der Waals surface area contributed by atoms with Crippen LogP contribution in [0.3, 0.4) is 0 Å². The van der Waals surface area contributed by atoms with E-state index in [9.17, 15) is 4.79 Å². The summed E-state index contributed by atoms with van der Waals surface area (Å²) in [5, 5.41) is 8.89. The van der Waals surface area contributed by atoms with E-state index in [2.05, 4.69) is 0 Å². The van der Waals surface area contributed by atoms with Crippen molar-refractivity contribution in [3.8, 4) is 11.5 Å². The zero-order chi connectivity index (χ0) is 12.0. The van der Waals surface area contributed by atoms with E-state index >= 15 is 0 Å². The Morgan fingerprint density at radius 3 is 2.44 bits per heavy atom. The number of carboxylic acids is 1. The molecule has 16 heavy (non-hydrogen) atoms. The highest BCUT2D eigenvalue weighted by molar-refractivity contribution is 5.72. The van der Waals surface area contributed by atoms with Gasteiger partial charge < -0.3 is 14.6 Å². The van der Waals surface area contributed by atoms with Gasteiger partial charge in [-0.2, -0.15) is 0 Å². The van der Waals surface area contributed by atoms with E-state index in [0.29, 0.717) is 24.5 Å². The molecule has 0 aliphatic heterocycles. The van der Waals surface area contributed by atoms with Gasteiger partial charge in [0.25, 0.3) is 0 Å². The number of hydrogen-bond acceptors (Lipinski definition) is 3. The van der Waals surface area contributed by atoms with Crippen LogP contribution < -0.4 is 9.47 Å². The molecule has 0 aliphatic carbocycles. The summed E-state index contributed by atoms with van der Waals surface area (Å²) in [5.41, 5.74) is 0. The highest BCUT2D eigenvalue weighted by Gasteiger charge is 2.18. The fourth-order valence-corrected chi connectivity index (χ4v) is 1.28. The lowest BCUT2D eigenvalue weighted by molar-refractivity contribution is -0.145. The summed E-state index contributed by atoms with van der Waals surface area (Å²) < 4.78 is 10.7. The van der Waals surface area contributed by atoms with Crippen LogP contribution in [-0.2, 0) is 4.79 Å². The van der Waals surface area contributed by atoms with E-state index in [-0.39, 0.29) is 0 Å². The molecule has 0 unspecified atom stereocenters. The smallest absolute Gasteiger partial charge is 0.344 e. The summed E-state index contributed by atoms with van der Waals surface area (Å²) in [6.45, 7) is 4.15. The highest BCUT2D eigenvalue weighted by atomic mass is 16.5. The Morgan fingerprint density at radius 1 is 1.31 bits per heavy atom. The molecule has 0 saturated heterocycles. The molecule has 1 N–H and O–H groups in total. The normalized spacial score (nSPS) is 11.9. The number of aliphatic carboxylic acids is 1. The summed E-state index contributed by atoms with van der Waals surface area (Å²) in [6.07, 6.45) is -0.419. The van der Waals surface area contributed by atoms with Gasteiger partial charge in [0.15, 0.2) is 17.6 Å². The molecule has 1 aromatic carbocycles. The van der Waals surface area contributed by atoms with Crippen LogP contribution >= 0.6 is 0 Å². The largest absolute Gasteiger partial charge is 0.490 e. The van der Waals surface area contributed by atoms with Gasteiger partial charge in [-0.3, -0.25) is 0 Å². The maximum absolute atomic E-state index is 10.8. The lowest BCUT2D eigenvalue weighted by atomic mass is 10.2. The van der Waals surface area contributed by atoms with Crippen molar-refractivity contribution in [2.75, 3.05) is 6.61 Å². The maximum atomic E-state index is 10.8. The number of para-hydroxylation sites is 2. The number of carboxylic acid groups (broad SMARTS) is 1. The van der Waals surface area contributed by atoms with Crippen LogP contribution in [0.1, 0.15) is 20.3 Å². The van der Waals surface area contributed by atoms with E-state index in [1.807, 2.05) is 13.0 Å². The second-order valence-corrected chi connectivity index (χ2v) is 3.23. The van der Waals surface area contributed by atoms with Crippen molar-refractivity contribution >= 4 is 5.97 Å². The molecule has 4 heteroatoms. The van der Waals surface area contributed by atoms with Gasteiger partial charge >= 0.3 is 5.97 Å². The maximum Gasteiger partial charge on any atom is 0.344 e. The molecule has 1 atom stereocenters. The predicted molar refractivity (Wildman–Crippen MR) is 60.0 cm³/mol. The number of carbonyl (C=O) groups is 1. The zero-order valence-electron chi connectivity index (χ0n) is 9.47. The van der Waals surface area contributed by atoms with Crippen LogP contribution in [-0.4, -0.2) is 23.8 Å². The van der Waals surface area contributed by atoms with Crippen molar-refractivity contribution in [2.45, 2.75) is 26.4 Å². The molecule has 0 aromatic heterocycles. The Hall–Kier alpha value is -1.71. The van der Waals surface area contributed by atoms with Crippen LogP contribution in [0.5, 0.6) is 11.5 Å². The summed E-state index contributed by atoms with van der Waals surface area (Å²) >= 11 is 0. The van der Waals surface area contributed by atoms with Gasteiger partial charge in [-0.05, 0) is 25.5 Å². The topological polar surface area (TPSA) is 55.8 Å². The van der Waals surface area contributed by atoms with Gasteiger partial charge in [-0.15, -0.1) is 0 Å². The summed E-state index contributed by atoms with van der Waals surface area (Å²) in [7, 11) is 0. The van der Waals surface area contributed by atoms with Crippen LogP contribution in [0.25, 0.3) is 0 Å². The molecule has 4 nitrogen and oxygen atoms in total.